The molecule has 1 aliphatic heterocycles. The molecule has 1 heterocycles. The third kappa shape index (κ3) is 7.13. The molecule has 1 fully saturated rings. The van der Waals surface area contributed by atoms with Gasteiger partial charge in [-0.3, -0.25) is 4.79 Å². The molecule has 0 aromatic heterocycles. The maximum absolute atomic E-state index is 12.0. The van der Waals surface area contributed by atoms with Crippen LogP contribution in [0.5, 0.6) is 0 Å². The number of rotatable bonds is 8. The van der Waals surface area contributed by atoms with Crippen LogP contribution in [0.2, 0.25) is 0 Å². The summed E-state index contributed by atoms with van der Waals surface area (Å²) < 4.78 is 5.57. The number of aliphatic hydroxyl groups is 1. The Kier molecular flexibility index (Phi) is 7.59. The second kappa shape index (κ2) is 8.78. The van der Waals surface area contributed by atoms with Gasteiger partial charge in [0.2, 0.25) is 0 Å². The molecule has 0 radical (unpaired) electrons. The highest BCUT2D eigenvalue weighted by Crippen LogP contribution is 2.38. The Labute approximate surface area is 149 Å². The lowest BCUT2D eigenvalue weighted by Gasteiger charge is -2.50. The van der Waals surface area contributed by atoms with Gasteiger partial charge in [0, 0.05) is 36.4 Å². The van der Waals surface area contributed by atoms with Crippen LogP contribution in [0.1, 0.15) is 66.2 Å². The molecule has 1 aliphatic rings. The summed E-state index contributed by atoms with van der Waals surface area (Å²) in [6, 6.07) is 0. The van der Waals surface area contributed by atoms with Crippen LogP contribution < -0.4 is 0 Å². The van der Waals surface area contributed by atoms with Gasteiger partial charge in [0.05, 0.1) is 6.10 Å². The largest absolute Gasteiger partial charge is 0.478 e. The Morgan fingerprint density at radius 2 is 1.76 bits per heavy atom. The SMILES string of the molecule is CC1(C)CC(OC(=O)CCCCC(O)C=CC(=O)O)CC(C)(C)N1O. The van der Waals surface area contributed by atoms with Gasteiger partial charge in [-0.15, -0.1) is 0 Å². The van der Waals surface area contributed by atoms with E-state index in [-0.39, 0.29) is 18.5 Å². The van der Waals surface area contributed by atoms with Crippen LogP contribution in [-0.4, -0.2) is 55.7 Å². The van der Waals surface area contributed by atoms with Gasteiger partial charge in [0.15, 0.2) is 0 Å². The molecule has 0 aromatic rings. The van der Waals surface area contributed by atoms with E-state index >= 15 is 0 Å². The van der Waals surface area contributed by atoms with Crippen molar-refractivity contribution in [1.82, 2.24) is 5.06 Å². The molecular formula is C18H31NO6. The first-order valence-corrected chi connectivity index (χ1v) is 8.72. The lowest BCUT2D eigenvalue weighted by atomic mass is 9.80. The molecule has 0 saturated carbocycles. The third-order valence-electron chi connectivity index (χ3n) is 4.49. The number of carboxylic acids is 1. The molecule has 3 N–H and O–H groups in total. The summed E-state index contributed by atoms with van der Waals surface area (Å²) in [5, 5.41) is 29.6. The Bertz CT molecular complexity index is 482. The fourth-order valence-corrected chi connectivity index (χ4v) is 3.42. The van der Waals surface area contributed by atoms with Crippen molar-refractivity contribution in [3.05, 3.63) is 12.2 Å². The van der Waals surface area contributed by atoms with Gasteiger partial charge >= 0.3 is 11.9 Å². The van der Waals surface area contributed by atoms with Gasteiger partial charge in [-0.25, -0.2) is 4.79 Å². The molecule has 0 aliphatic carbocycles. The summed E-state index contributed by atoms with van der Waals surface area (Å²) >= 11 is 0. The number of aliphatic carboxylic acids is 1. The van der Waals surface area contributed by atoms with E-state index in [4.69, 9.17) is 9.84 Å². The van der Waals surface area contributed by atoms with E-state index in [9.17, 15) is 19.9 Å². The average molecular weight is 357 g/mol. The minimum atomic E-state index is -1.09. The zero-order chi connectivity index (χ0) is 19.3. The Balaban J connectivity index is 2.34. The Hall–Kier alpha value is -1.44. The Morgan fingerprint density at radius 1 is 1.20 bits per heavy atom. The summed E-state index contributed by atoms with van der Waals surface area (Å²) in [5.41, 5.74) is -0.930. The molecule has 1 atom stereocenters. The number of nitrogens with zero attached hydrogens (tertiary/aromatic N) is 1. The molecule has 0 spiro atoms. The van der Waals surface area contributed by atoms with E-state index in [1.807, 2.05) is 27.7 Å². The second-order valence-corrected chi connectivity index (χ2v) is 7.97. The monoisotopic (exact) mass is 357 g/mol. The fraction of sp³-hybridized carbons (Fsp3) is 0.778. The predicted molar refractivity (Wildman–Crippen MR) is 92.1 cm³/mol. The fourth-order valence-electron chi connectivity index (χ4n) is 3.42. The zero-order valence-electron chi connectivity index (χ0n) is 15.6. The summed E-state index contributed by atoms with van der Waals surface area (Å²) in [5.74, 6) is -1.37. The van der Waals surface area contributed by atoms with Crippen molar-refractivity contribution in [3.63, 3.8) is 0 Å². The molecule has 0 aromatic carbocycles. The van der Waals surface area contributed by atoms with Crippen molar-refractivity contribution in [2.24, 2.45) is 0 Å². The molecular weight excluding hydrogens is 326 g/mol. The molecule has 144 valence electrons. The highest BCUT2D eigenvalue weighted by atomic mass is 16.5. The first-order chi connectivity index (χ1) is 11.4. The number of hydrogen-bond donors (Lipinski definition) is 3. The van der Waals surface area contributed by atoms with Crippen LogP contribution in [0.15, 0.2) is 12.2 Å². The third-order valence-corrected chi connectivity index (χ3v) is 4.49. The van der Waals surface area contributed by atoms with Crippen molar-refractivity contribution < 1.29 is 29.7 Å². The van der Waals surface area contributed by atoms with Crippen LogP contribution >= 0.6 is 0 Å². The van der Waals surface area contributed by atoms with Crippen molar-refractivity contribution >= 4 is 11.9 Å². The lowest BCUT2D eigenvalue weighted by Crippen LogP contribution is -2.60. The predicted octanol–water partition coefficient (Wildman–Crippen LogP) is 2.50. The van der Waals surface area contributed by atoms with E-state index in [0.717, 1.165) is 6.08 Å². The molecule has 1 unspecified atom stereocenters. The van der Waals surface area contributed by atoms with E-state index in [2.05, 4.69) is 0 Å². The first-order valence-electron chi connectivity index (χ1n) is 8.72. The average Bonchev–Trinajstić information content (AvgIpc) is 2.46. The van der Waals surface area contributed by atoms with Gasteiger partial charge in [0.25, 0.3) is 0 Å². The molecule has 25 heavy (non-hydrogen) atoms. The summed E-state index contributed by atoms with van der Waals surface area (Å²) in [4.78, 5) is 22.4. The maximum Gasteiger partial charge on any atom is 0.328 e. The highest BCUT2D eigenvalue weighted by molar-refractivity contribution is 5.79. The molecule has 7 heteroatoms. The number of unbranched alkanes of at least 4 members (excludes halogenated alkanes) is 1. The summed E-state index contributed by atoms with van der Waals surface area (Å²) in [7, 11) is 0. The topological polar surface area (TPSA) is 107 Å². The molecule has 0 amide bonds. The smallest absolute Gasteiger partial charge is 0.328 e. The van der Waals surface area contributed by atoms with Crippen molar-refractivity contribution in [2.45, 2.75) is 89.5 Å². The quantitative estimate of drug-likeness (QED) is 0.348. The van der Waals surface area contributed by atoms with Gasteiger partial charge in [-0.2, -0.15) is 5.06 Å². The van der Waals surface area contributed by atoms with E-state index in [1.54, 1.807) is 0 Å². The van der Waals surface area contributed by atoms with Gasteiger partial charge < -0.3 is 20.2 Å². The molecule has 1 saturated heterocycles. The maximum atomic E-state index is 12.0. The van der Waals surface area contributed by atoms with Crippen LogP contribution in [0.25, 0.3) is 0 Å². The lowest BCUT2D eigenvalue weighted by molar-refractivity contribution is -0.259. The molecule has 0 bridgehead atoms. The van der Waals surface area contributed by atoms with E-state index in [1.165, 1.54) is 11.1 Å². The standard InChI is InChI=1S/C18H31NO6/c1-17(2)11-14(12-18(3,4)19(17)24)25-16(23)8-6-5-7-13(20)9-10-15(21)22/h9-10,13-14,20,24H,5-8,11-12H2,1-4H3,(H,21,22). The van der Waals surface area contributed by atoms with Crippen LogP contribution in [0, 0.1) is 0 Å². The molecule has 7 nitrogen and oxygen atoms in total. The number of piperidine rings is 1. The Morgan fingerprint density at radius 3 is 2.28 bits per heavy atom. The van der Waals surface area contributed by atoms with Crippen LogP contribution in [0.3, 0.4) is 0 Å². The minimum absolute atomic E-state index is 0.231. The minimum Gasteiger partial charge on any atom is -0.478 e. The van der Waals surface area contributed by atoms with Gasteiger partial charge in [-0.05, 0) is 53.0 Å². The van der Waals surface area contributed by atoms with Crippen molar-refractivity contribution in [1.29, 1.82) is 0 Å². The van der Waals surface area contributed by atoms with Gasteiger partial charge in [0.1, 0.15) is 6.10 Å². The van der Waals surface area contributed by atoms with Crippen molar-refractivity contribution in [2.75, 3.05) is 0 Å². The normalized spacial score (nSPS) is 22.0. The number of esters is 1. The van der Waals surface area contributed by atoms with E-state index < -0.39 is 23.2 Å². The van der Waals surface area contributed by atoms with E-state index in [0.29, 0.717) is 32.1 Å². The number of hydrogen-bond acceptors (Lipinski definition) is 6. The highest BCUT2D eigenvalue weighted by Gasteiger charge is 2.46. The van der Waals surface area contributed by atoms with Crippen LogP contribution in [-0.2, 0) is 14.3 Å². The molecule has 1 rings (SSSR count). The summed E-state index contributed by atoms with van der Waals surface area (Å²) in [6.45, 7) is 7.67. The first kappa shape index (κ1) is 21.6. The van der Waals surface area contributed by atoms with Crippen LogP contribution in [0.4, 0.5) is 0 Å². The number of hydroxylamine groups is 2. The van der Waals surface area contributed by atoms with Gasteiger partial charge in [-0.1, -0.05) is 0 Å². The number of carboxylic acid groups (broad SMARTS) is 1. The number of carbonyl (C=O) groups is 2. The number of ether oxygens (including phenoxy) is 1. The zero-order valence-corrected chi connectivity index (χ0v) is 15.6. The number of aliphatic hydroxyl groups excluding tert-OH is 1. The van der Waals surface area contributed by atoms with Crippen molar-refractivity contribution in [3.8, 4) is 0 Å². The second-order valence-electron chi connectivity index (χ2n) is 7.97. The summed E-state index contributed by atoms with van der Waals surface area (Å²) in [6.07, 6.45) is 4.07. The number of carbonyl (C=O) groups excluding carboxylic acids is 1.